The van der Waals surface area contributed by atoms with E-state index in [1.165, 1.54) is 0 Å². The van der Waals surface area contributed by atoms with E-state index < -0.39 is 0 Å². The van der Waals surface area contributed by atoms with Gasteiger partial charge in [-0.05, 0) is 19.2 Å². The van der Waals surface area contributed by atoms with Crippen LogP contribution in [0.3, 0.4) is 0 Å². The highest BCUT2D eigenvalue weighted by atomic mass is 32.2. The van der Waals surface area contributed by atoms with Crippen molar-refractivity contribution in [3.8, 4) is 0 Å². The fourth-order valence-corrected chi connectivity index (χ4v) is 2.23. The highest BCUT2D eigenvalue weighted by molar-refractivity contribution is 7.98. The molecule has 1 rings (SSSR count). The summed E-state index contributed by atoms with van der Waals surface area (Å²) in [6.45, 7) is 2.05. The van der Waals surface area contributed by atoms with Gasteiger partial charge < -0.3 is 10.2 Å². The number of rotatable bonds is 5. The fourth-order valence-electron chi connectivity index (χ4n) is 1.53. The van der Waals surface area contributed by atoms with Crippen LogP contribution in [-0.2, 0) is 0 Å². The first-order chi connectivity index (χ1) is 8.11. The summed E-state index contributed by atoms with van der Waals surface area (Å²) >= 11 is 1.74. The number of thioether (sulfide) groups is 1. The van der Waals surface area contributed by atoms with Crippen LogP contribution in [0.2, 0.25) is 0 Å². The lowest BCUT2D eigenvalue weighted by molar-refractivity contribution is 0.0758. The number of nitrogens with one attached hydrogen (secondary N) is 1. The van der Waals surface area contributed by atoms with Gasteiger partial charge in [0.1, 0.15) is 0 Å². The Bertz CT molecular complexity index is 384. The lowest BCUT2D eigenvalue weighted by Crippen LogP contribution is -2.36. The molecule has 1 heterocycles. The first kappa shape index (κ1) is 13.8. The minimum atomic E-state index is 0.00370. The van der Waals surface area contributed by atoms with E-state index in [0.717, 1.165) is 11.4 Å². The third-order valence-corrected chi connectivity index (χ3v) is 3.53. The number of pyridine rings is 1. The summed E-state index contributed by atoms with van der Waals surface area (Å²) in [7, 11) is 3.63. The molecular weight excluding hydrogens is 234 g/mol. The first-order valence-corrected chi connectivity index (χ1v) is 6.89. The van der Waals surface area contributed by atoms with Gasteiger partial charge in [-0.25, -0.2) is 0 Å². The second kappa shape index (κ2) is 6.49. The zero-order chi connectivity index (χ0) is 12.8. The Hall–Kier alpha value is -1.23. The molecule has 0 aliphatic rings. The summed E-state index contributed by atoms with van der Waals surface area (Å²) in [6.07, 6.45) is 5.32. The average molecular weight is 253 g/mol. The lowest BCUT2D eigenvalue weighted by Gasteiger charge is -2.25. The van der Waals surface area contributed by atoms with Crippen molar-refractivity contribution in [2.45, 2.75) is 13.0 Å². The minimum Gasteiger partial charge on any atom is -0.387 e. The van der Waals surface area contributed by atoms with Crippen molar-refractivity contribution >= 4 is 23.4 Å². The molecule has 0 saturated heterocycles. The van der Waals surface area contributed by atoms with Gasteiger partial charge in [0.2, 0.25) is 0 Å². The number of aromatic nitrogens is 1. The van der Waals surface area contributed by atoms with Gasteiger partial charge in [-0.2, -0.15) is 11.8 Å². The smallest absolute Gasteiger partial charge is 0.257 e. The van der Waals surface area contributed by atoms with Crippen molar-refractivity contribution in [2.24, 2.45) is 0 Å². The Morgan fingerprint density at radius 1 is 1.65 bits per heavy atom. The fraction of sp³-hybridized carbons (Fsp3) is 0.500. The molecule has 0 saturated carbocycles. The summed E-state index contributed by atoms with van der Waals surface area (Å²) in [4.78, 5) is 18.0. The molecule has 0 radical (unpaired) electrons. The second-order valence-electron chi connectivity index (χ2n) is 3.89. The molecular formula is C12H19N3OS. The minimum absolute atomic E-state index is 0.00370. The zero-order valence-corrected chi connectivity index (χ0v) is 11.5. The van der Waals surface area contributed by atoms with E-state index in [1.54, 1.807) is 42.2 Å². The average Bonchev–Trinajstić information content (AvgIpc) is 2.37. The van der Waals surface area contributed by atoms with Crippen LogP contribution in [0, 0.1) is 0 Å². The van der Waals surface area contributed by atoms with E-state index >= 15 is 0 Å². The molecule has 1 amide bonds. The Morgan fingerprint density at radius 2 is 2.35 bits per heavy atom. The number of anilines is 1. The van der Waals surface area contributed by atoms with Crippen LogP contribution in [0.15, 0.2) is 18.5 Å². The quantitative estimate of drug-likeness (QED) is 0.871. The molecule has 1 atom stereocenters. The highest BCUT2D eigenvalue weighted by Gasteiger charge is 2.19. The highest BCUT2D eigenvalue weighted by Crippen LogP contribution is 2.16. The Labute approximate surface area is 107 Å². The molecule has 0 fully saturated rings. The maximum atomic E-state index is 12.3. The Morgan fingerprint density at radius 3 is 2.94 bits per heavy atom. The van der Waals surface area contributed by atoms with Crippen molar-refractivity contribution in [2.75, 3.05) is 31.4 Å². The molecule has 0 aromatic carbocycles. The first-order valence-electron chi connectivity index (χ1n) is 5.49. The third kappa shape index (κ3) is 3.36. The molecule has 5 heteroatoms. The van der Waals surface area contributed by atoms with Crippen molar-refractivity contribution in [3.63, 3.8) is 0 Å². The van der Waals surface area contributed by atoms with Gasteiger partial charge in [-0.15, -0.1) is 0 Å². The topological polar surface area (TPSA) is 45.2 Å². The lowest BCUT2D eigenvalue weighted by atomic mass is 10.2. The zero-order valence-electron chi connectivity index (χ0n) is 10.7. The molecule has 1 aromatic heterocycles. The summed E-state index contributed by atoms with van der Waals surface area (Å²) < 4.78 is 0. The van der Waals surface area contributed by atoms with Gasteiger partial charge in [0.15, 0.2) is 0 Å². The van der Waals surface area contributed by atoms with Gasteiger partial charge in [-0.3, -0.25) is 9.78 Å². The van der Waals surface area contributed by atoms with E-state index in [0.29, 0.717) is 5.56 Å². The maximum absolute atomic E-state index is 12.3. The van der Waals surface area contributed by atoms with Crippen molar-refractivity contribution in [3.05, 3.63) is 24.0 Å². The molecule has 94 valence electrons. The van der Waals surface area contributed by atoms with Gasteiger partial charge in [0, 0.05) is 44.0 Å². The SMILES string of the molecule is CNc1ccncc1C(=O)N(C)C(C)CSC. The summed E-state index contributed by atoms with van der Waals surface area (Å²) in [5.41, 5.74) is 1.43. The van der Waals surface area contributed by atoms with E-state index in [4.69, 9.17) is 0 Å². The molecule has 0 aliphatic carbocycles. The third-order valence-electron chi connectivity index (χ3n) is 2.71. The standard InChI is InChI=1S/C12H19N3OS/c1-9(8-17-4)15(3)12(16)10-7-14-6-5-11(10)13-2/h5-7,9H,8H2,1-4H3,(H,13,14). The second-order valence-corrected chi connectivity index (χ2v) is 4.80. The summed E-state index contributed by atoms with van der Waals surface area (Å²) in [5.74, 6) is 0.932. The largest absolute Gasteiger partial charge is 0.387 e. The van der Waals surface area contributed by atoms with Crippen molar-refractivity contribution in [1.29, 1.82) is 0 Å². The number of hydrogen-bond acceptors (Lipinski definition) is 4. The van der Waals surface area contributed by atoms with Crippen LogP contribution in [0.5, 0.6) is 0 Å². The number of amides is 1. The van der Waals surface area contributed by atoms with E-state index in [1.807, 2.05) is 20.2 Å². The molecule has 4 nitrogen and oxygen atoms in total. The number of carbonyl (C=O) groups is 1. The van der Waals surface area contributed by atoms with Crippen LogP contribution >= 0.6 is 11.8 Å². The van der Waals surface area contributed by atoms with E-state index in [-0.39, 0.29) is 11.9 Å². The molecule has 1 N–H and O–H groups in total. The number of nitrogens with zero attached hydrogens (tertiary/aromatic N) is 2. The van der Waals surface area contributed by atoms with Crippen LogP contribution in [0.4, 0.5) is 5.69 Å². The number of hydrogen-bond donors (Lipinski definition) is 1. The van der Waals surface area contributed by atoms with Gasteiger partial charge in [-0.1, -0.05) is 0 Å². The predicted octanol–water partition coefficient (Wildman–Crippen LogP) is 1.95. The van der Waals surface area contributed by atoms with Crippen molar-refractivity contribution < 1.29 is 4.79 Å². The normalized spacial score (nSPS) is 12.0. The molecule has 17 heavy (non-hydrogen) atoms. The van der Waals surface area contributed by atoms with E-state index in [9.17, 15) is 4.79 Å². The van der Waals surface area contributed by atoms with Crippen LogP contribution in [0.1, 0.15) is 17.3 Å². The van der Waals surface area contributed by atoms with E-state index in [2.05, 4.69) is 10.3 Å². The van der Waals surface area contributed by atoms with Gasteiger partial charge in [0.05, 0.1) is 5.56 Å². The monoisotopic (exact) mass is 253 g/mol. The molecule has 1 aromatic rings. The number of carbonyl (C=O) groups excluding carboxylic acids is 1. The molecule has 0 bridgehead atoms. The molecule has 0 aliphatic heterocycles. The van der Waals surface area contributed by atoms with Gasteiger partial charge >= 0.3 is 0 Å². The molecule has 0 spiro atoms. The van der Waals surface area contributed by atoms with Gasteiger partial charge in [0.25, 0.3) is 5.91 Å². The summed E-state index contributed by atoms with van der Waals surface area (Å²) in [6, 6.07) is 2.02. The maximum Gasteiger partial charge on any atom is 0.257 e. The predicted molar refractivity (Wildman–Crippen MR) is 73.7 cm³/mol. The van der Waals surface area contributed by atoms with Crippen LogP contribution < -0.4 is 5.32 Å². The molecule has 1 unspecified atom stereocenters. The van der Waals surface area contributed by atoms with Crippen LogP contribution in [-0.4, -0.2) is 47.9 Å². The Kier molecular flexibility index (Phi) is 5.28. The Balaban J connectivity index is 2.88. The summed E-state index contributed by atoms with van der Waals surface area (Å²) in [5, 5.41) is 3.01. The van der Waals surface area contributed by atoms with Crippen LogP contribution in [0.25, 0.3) is 0 Å². The van der Waals surface area contributed by atoms with Crippen molar-refractivity contribution in [1.82, 2.24) is 9.88 Å².